The van der Waals surface area contributed by atoms with E-state index in [2.05, 4.69) is 10.1 Å². The lowest BCUT2D eigenvalue weighted by Gasteiger charge is -2.34. The lowest BCUT2D eigenvalue weighted by molar-refractivity contribution is -0.129. The fraction of sp³-hybridized carbons (Fsp3) is 0.471. The molecule has 122 valence electrons. The van der Waals surface area contributed by atoms with Crippen molar-refractivity contribution in [1.82, 2.24) is 15.0 Å². The molecule has 0 atom stereocenters. The normalized spacial score (nSPS) is 15.9. The number of carbonyl (C=O) groups is 1. The molecule has 0 spiro atoms. The van der Waals surface area contributed by atoms with Gasteiger partial charge < -0.3 is 15.2 Å². The van der Waals surface area contributed by atoms with Crippen molar-refractivity contribution < 1.29 is 9.32 Å². The summed E-state index contributed by atoms with van der Waals surface area (Å²) in [4.78, 5) is 18.0. The molecule has 0 bridgehead atoms. The van der Waals surface area contributed by atoms with Crippen LogP contribution in [0.5, 0.6) is 0 Å². The van der Waals surface area contributed by atoms with Gasteiger partial charge in [0.05, 0.1) is 5.54 Å². The standard InChI is InChI=1S/C17H22N4O2/c1-13(22)21(12-14-6-3-2-4-7-14)11-8-15-19-16(20-23-15)17(18)9-5-10-17/h2-4,6-7H,5,8-12,18H2,1H3. The third kappa shape index (κ3) is 3.59. The average Bonchev–Trinajstić information content (AvgIpc) is 2.99. The smallest absolute Gasteiger partial charge is 0.228 e. The first-order valence-corrected chi connectivity index (χ1v) is 7.98. The van der Waals surface area contributed by atoms with Gasteiger partial charge >= 0.3 is 0 Å². The van der Waals surface area contributed by atoms with Gasteiger partial charge in [-0.05, 0) is 24.8 Å². The molecule has 0 radical (unpaired) electrons. The van der Waals surface area contributed by atoms with E-state index in [1.807, 2.05) is 30.3 Å². The quantitative estimate of drug-likeness (QED) is 0.881. The van der Waals surface area contributed by atoms with Crippen molar-refractivity contribution in [3.63, 3.8) is 0 Å². The van der Waals surface area contributed by atoms with E-state index in [9.17, 15) is 4.79 Å². The maximum Gasteiger partial charge on any atom is 0.228 e. The van der Waals surface area contributed by atoms with Crippen LogP contribution in [0.25, 0.3) is 0 Å². The Morgan fingerprint density at radius 1 is 1.35 bits per heavy atom. The summed E-state index contributed by atoms with van der Waals surface area (Å²) in [6.07, 6.45) is 3.45. The van der Waals surface area contributed by atoms with Crippen molar-refractivity contribution in [2.75, 3.05) is 6.54 Å². The molecule has 2 aromatic rings. The number of nitrogens with zero attached hydrogens (tertiary/aromatic N) is 3. The third-order valence-electron chi connectivity index (χ3n) is 4.42. The van der Waals surface area contributed by atoms with E-state index in [0.29, 0.717) is 31.2 Å². The molecule has 2 N–H and O–H groups in total. The summed E-state index contributed by atoms with van der Waals surface area (Å²) < 4.78 is 5.29. The Labute approximate surface area is 135 Å². The molecular weight excluding hydrogens is 292 g/mol. The van der Waals surface area contributed by atoms with Gasteiger partial charge in [-0.25, -0.2) is 0 Å². The van der Waals surface area contributed by atoms with Gasteiger partial charge in [0.1, 0.15) is 0 Å². The second-order valence-corrected chi connectivity index (χ2v) is 6.20. The molecule has 1 heterocycles. The predicted molar refractivity (Wildman–Crippen MR) is 85.3 cm³/mol. The number of hydrogen-bond donors (Lipinski definition) is 1. The van der Waals surface area contributed by atoms with E-state index in [1.165, 1.54) is 0 Å². The summed E-state index contributed by atoms with van der Waals surface area (Å²) in [5.41, 5.74) is 6.88. The Bertz CT molecular complexity index is 664. The Hall–Kier alpha value is -2.21. The topological polar surface area (TPSA) is 85.2 Å². The molecule has 1 aliphatic rings. The molecule has 1 aliphatic carbocycles. The highest BCUT2D eigenvalue weighted by atomic mass is 16.5. The number of carbonyl (C=O) groups excluding carboxylic acids is 1. The maximum atomic E-state index is 11.8. The first-order valence-electron chi connectivity index (χ1n) is 7.98. The highest BCUT2D eigenvalue weighted by molar-refractivity contribution is 5.73. The first-order chi connectivity index (χ1) is 11.1. The minimum atomic E-state index is -0.411. The molecule has 1 saturated carbocycles. The summed E-state index contributed by atoms with van der Waals surface area (Å²) in [6.45, 7) is 2.70. The summed E-state index contributed by atoms with van der Waals surface area (Å²) >= 11 is 0. The summed E-state index contributed by atoms with van der Waals surface area (Å²) in [5.74, 6) is 1.16. The molecule has 0 saturated heterocycles. The highest BCUT2D eigenvalue weighted by Crippen LogP contribution is 2.36. The first kappa shape index (κ1) is 15.7. The van der Waals surface area contributed by atoms with Crippen LogP contribution < -0.4 is 5.73 Å². The molecule has 1 aromatic carbocycles. The Balaban J connectivity index is 1.60. The molecule has 0 unspecified atom stereocenters. The molecule has 3 rings (SSSR count). The molecule has 23 heavy (non-hydrogen) atoms. The highest BCUT2D eigenvalue weighted by Gasteiger charge is 2.38. The Morgan fingerprint density at radius 3 is 2.70 bits per heavy atom. The van der Waals surface area contributed by atoms with Crippen molar-refractivity contribution in [2.45, 2.75) is 44.7 Å². The van der Waals surface area contributed by atoms with Gasteiger partial charge in [-0.15, -0.1) is 0 Å². The summed E-state index contributed by atoms with van der Waals surface area (Å²) in [7, 11) is 0. The number of benzene rings is 1. The van der Waals surface area contributed by atoms with E-state index in [-0.39, 0.29) is 5.91 Å². The number of amides is 1. The van der Waals surface area contributed by atoms with E-state index >= 15 is 0 Å². The SMILES string of the molecule is CC(=O)N(CCc1nc(C2(N)CCC2)no1)Cc1ccccc1. The van der Waals surface area contributed by atoms with Crippen molar-refractivity contribution in [1.29, 1.82) is 0 Å². The van der Waals surface area contributed by atoms with Gasteiger partial charge in [0.15, 0.2) is 5.82 Å². The van der Waals surface area contributed by atoms with Crippen LogP contribution in [0.4, 0.5) is 0 Å². The molecule has 1 fully saturated rings. The van der Waals surface area contributed by atoms with E-state index in [4.69, 9.17) is 10.3 Å². The van der Waals surface area contributed by atoms with Crippen molar-refractivity contribution in [3.05, 3.63) is 47.6 Å². The van der Waals surface area contributed by atoms with Crippen LogP contribution in [0.2, 0.25) is 0 Å². The van der Waals surface area contributed by atoms with E-state index in [0.717, 1.165) is 24.8 Å². The second kappa shape index (κ2) is 6.50. The lowest BCUT2D eigenvalue weighted by atomic mass is 9.77. The van der Waals surface area contributed by atoms with Crippen LogP contribution in [-0.2, 0) is 23.3 Å². The van der Waals surface area contributed by atoms with Crippen LogP contribution in [-0.4, -0.2) is 27.5 Å². The van der Waals surface area contributed by atoms with Crippen LogP contribution in [0.15, 0.2) is 34.9 Å². The lowest BCUT2D eigenvalue weighted by Crippen LogP contribution is -2.44. The summed E-state index contributed by atoms with van der Waals surface area (Å²) in [6, 6.07) is 9.92. The zero-order valence-electron chi connectivity index (χ0n) is 13.4. The Kier molecular flexibility index (Phi) is 4.43. The van der Waals surface area contributed by atoms with Crippen LogP contribution in [0, 0.1) is 0 Å². The van der Waals surface area contributed by atoms with Crippen LogP contribution in [0.1, 0.15) is 43.5 Å². The fourth-order valence-corrected chi connectivity index (χ4v) is 2.72. The van der Waals surface area contributed by atoms with Gasteiger partial charge in [0.25, 0.3) is 0 Å². The van der Waals surface area contributed by atoms with Crippen LogP contribution in [0.3, 0.4) is 0 Å². The van der Waals surface area contributed by atoms with Gasteiger partial charge in [-0.1, -0.05) is 35.5 Å². The van der Waals surface area contributed by atoms with Crippen molar-refractivity contribution >= 4 is 5.91 Å². The van der Waals surface area contributed by atoms with Crippen molar-refractivity contribution in [3.8, 4) is 0 Å². The zero-order valence-corrected chi connectivity index (χ0v) is 13.4. The Morgan fingerprint density at radius 2 is 2.09 bits per heavy atom. The van der Waals surface area contributed by atoms with Gasteiger partial charge in [0, 0.05) is 26.4 Å². The van der Waals surface area contributed by atoms with E-state index in [1.54, 1.807) is 11.8 Å². The molecule has 1 aromatic heterocycles. The fourth-order valence-electron chi connectivity index (χ4n) is 2.72. The number of nitrogens with two attached hydrogens (primary N) is 1. The minimum Gasteiger partial charge on any atom is -0.339 e. The van der Waals surface area contributed by atoms with E-state index < -0.39 is 5.54 Å². The van der Waals surface area contributed by atoms with Gasteiger partial charge in [-0.3, -0.25) is 4.79 Å². The van der Waals surface area contributed by atoms with Crippen LogP contribution >= 0.6 is 0 Å². The monoisotopic (exact) mass is 314 g/mol. The van der Waals surface area contributed by atoms with Crippen molar-refractivity contribution in [2.24, 2.45) is 5.73 Å². The third-order valence-corrected chi connectivity index (χ3v) is 4.42. The maximum absolute atomic E-state index is 11.8. The zero-order chi connectivity index (χ0) is 16.3. The molecular formula is C17H22N4O2. The molecule has 6 heteroatoms. The van der Waals surface area contributed by atoms with Gasteiger partial charge in [0.2, 0.25) is 11.8 Å². The average molecular weight is 314 g/mol. The molecule has 1 amide bonds. The predicted octanol–water partition coefficient (Wildman–Crippen LogP) is 2.00. The molecule has 6 nitrogen and oxygen atoms in total. The minimum absolute atomic E-state index is 0.0304. The molecule has 0 aliphatic heterocycles. The number of rotatable bonds is 6. The number of aromatic nitrogens is 2. The van der Waals surface area contributed by atoms with Gasteiger partial charge in [-0.2, -0.15) is 4.98 Å². The largest absolute Gasteiger partial charge is 0.339 e. The summed E-state index contributed by atoms with van der Waals surface area (Å²) in [5, 5.41) is 4.00. The number of hydrogen-bond acceptors (Lipinski definition) is 5. The second-order valence-electron chi connectivity index (χ2n) is 6.20.